The van der Waals surface area contributed by atoms with Crippen molar-refractivity contribution in [3.05, 3.63) is 179 Å². The summed E-state index contributed by atoms with van der Waals surface area (Å²) >= 11 is 21.6. The first kappa shape index (κ1) is 84.3. The maximum absolute atomic E-state index is 12.9. The van der Waals surface area contributed by atoms with Crippen LogP contribution in [0.1, 0.15) is 86.3 Å². The Kier molecular flexibility index (Phi) is 31.1. The predicted octanol–water partition coefficient (Wildman–Crippen LogP) is 11.8. The molecule has 0 unspecified atom stereocenters. The number of nitrogens with zero attached hydrogens (tertiary/aromatic N) is 15. The predicted molar refractivity (Wildman–Crippen MR) is 427 cm³/mol. The van der Waals surface area contributed by atoms with Crippen molar-refractivity contribution in [2.24, 2.45) is 0 Å². The normalized spacial score (nSPS) is 16.9. The number of halogens is 5. The van der Waals surface area contributed by atoms with E-state index in [2.05, 4.69) is 88.5 Å². The Morgan fingerprint density at radius 2 is 1.00 bits per heavy atom. The van der Waals surface area contributed by atoms with E-state index in [9.17, 15) is 9.59 Å². The standard InChI is InChI=1S/C27H27ClN6O3.C15H13Cl2N3O2.2C11H14N4O.C6H4BrN3.C5H11NO.ClH/c1-29-26-23(34-11-10-18(14-34)36-3)9-8-16(31-26)12-17-13-21(24-22(30-17)15-33(2)27(24)35)32-20-7-5-6-19(28)25(20)37-4;1-20-7-11-13(15(20)21)10(6-12(17)19-11)18-9-5-3-4-8(16)14(9)22-2;2*1-16-8-4-5-15(7-8)10-2-3-11(13)14-9(10)6-12;7-4-1-2-6(9)10-5(4)3-8;1-7-5-2-3-6-4-5;/h5-9,13,18H,10-12,14-15H2,2-4H3,(H,30,32);3-6H,7H2,1-2H3,(H,18,19);2*2-3,8H,4-5,7H2,1H3,(H2,13,14);1-2H,(H2,9,10);5-6H,2-4H2,1H3;1H/t18-;;2*8-;;5-;/m0.00.0./s1. The van der Waals surface area contributed by atoms with Gasteiger partial charge in [-0.05, 0) is 133 Å². The topological polar surface area (TPSA) is 373 Å². The highest BCUT2D eigenvalue weighted by molar-refractivity contribution is 9.10. The quantitative estimate of drug-likeness (QED) is 0.0410. The zero-order valence-corrected chi connectivity index (χ0v) is 66.0. The highest BCUT2D eigenvalue weighted by Gasteiger charge is 2.33. The first-order valence-corrected chi connectivity index (χ1v) is 36.0. The van der Waals surface area contributed by atoms with Crippen molar-refractivity contribution >= 4 is 138 Å². The number of benzene rings is 2. The largest absolute Gasteiger partial charge is 0.493 e. The van der Waals surface area contributed by atoms with Gasteiger partial charge in [0.1, 0.15) is 46.5 Å². The molecule has 4 atom stereocenters. The molecule has 2 amide bonds. The average molecular weight is 1630 g/mol. The van der Waals surface area contributed by atoms with Crippen LogP contribution >= 0.6 is 63.1 Å². The van der Waals surface area contributed by atoms with E-state index >= 15 is 0 Å². The molecule has 6 aromatic heterocycles. The number of aromatic nitrogens is 6. The fraction of sp³-hybridized carbons (Fsp3) is 0.360. The molecule has 2 aromatic carbocycles. The van der Waals surface area contributed by atoms with E-state index in [0.717, 1.165) is 100 Å². The first-order valence-electron chi connectivity index (χ1n) is 34.1. The van der Waals surface area contributed by atoms with Crippen LogP contribution in [0.5, 0.6) is 11.5 Å². The van der Waals surface area contributed by atoms with Crippen molar-refractivity contribution in [1.82, 2.24) is 45.0 Å². The zero-order valence-electron chi connectivity index (χ0n) is 61.3. The summed E-state index contributed by atoms with van der Waals surface area (Å²) in [6.45, 7) is 15.7. The smallest absolute Gasteiger partial charge is 0.293 e. The molecule has 9 N–H and O–H groups in total. The Morgan fingerprint density at radius 3 is 1.41 bits per heavy atom. The van der Waals surface area contributed by atoms with Crippen molar-refractivity contribution < 1.29 is 38.0 Å². The van der Waals surface area contributed by atoms with Gasteiger partial charge in [0.25, 0.3) is 17.6 Å². The van der Waals surface area contributed by atoms with Gasteiger partial charge in [-0.1, -0.05) is 53.5 Å². The van der Waals surface area contributed by atoms with Gasteiger partial charge >= 0.3 is 0 Å². The number of carbonyl (C=O) groups is 2. The molecule has 0 radical (unpaired) electrons. The van der Waals surface area contributed by atoms with E-state index in [0.29, 0.717) is 142 Å². The summed E-state index contributed by atoms with van der Waals surface area (Å²) in [6.07, 6.45) is 5.60. The van der Waals surface area contributed by atoms with Crippen LogP contribution in [0.25, 0.3) is 4.85 Å². The average Bonchev–Trinajstić information content (AvgIpc) is 1.66. The number of hydrogen-bond acceptors (Lipinski definition) is 26. The highest BCUT2D eigenvalue weighted by Crippen LogP contribution is 2.41. The minimum Gasteiger partial charge on any atom is -0.493 e. The van der Waals surface area contributed by atoms with Gasteiger partial charge in [0, 0.05) is 88.3 Å². The van der Waals surface area contributed by atoms with E-state index in [-0.39, 0.29) is 42.5 Å². The molecule has 0 bridgehead atoms. The van der Waals surface area contributed by atoms with Crippen molar-refractivity contribution in [2.45, 2.75) is 69.6 Å². The number of anilines is 10. The molecular weight excluding hydrogens is 1540 g/mol. The third-order valence-electron chi connectivity index (χ3n) is 18.1. The molecule has 0 aliphatic carbocycles. The Hall–Kier alpha value is -10.3. The number of pyridine rings is 6. The maximum Gasteiger partial charge on any atom is 0.293 e. The molecule has 6 aliphatic heterocycles. The van der Waals surface area contributed by atoms with Gasteiger partial charge in [-0.3, -0.25) is 14.6 Å². The molecule has 0 saturated carbocycles. The summed E-state index contributed by atoms with van der Waals surface area (Å²) in [5.41, 5.74) is 26.4. The number of nitrogen functional groups attached to an aromatic ring is 3. The van der Waals surface area contributed by atoms with E-state index in [1.54, 1.807) is 108 Å². The van der Waals surface area contributed by atoms with Crippen LogP contribution in [-0.2, 0) is 38.5 Å². The monoisotopic (exact) mass is 1630 g/mol. The van der Waals surface area contributed by atoms with Crippen LogP contribution in [0, 0.1) is 40.6 Å². The number of nitriles is 3. The van der Waals surface area contributed by atoms with Gasteiger partial charge in [-0.2, -0.15) is 15.8 Å². The summed E-state index contributed by atoms with van der Waals surface area (Å²) < 4.78 is 32.6. The van der Waals surface area contributed by atoms with Gasteiger partial charge in [0.2, 0.25) is 0 Å². The molecule has 6 aliphatic rings. The number of methoxy groups -OCH3 is 6. The fourth-order valence-electron chi connectivity index (χ4n) is 12.6. The number of para-hydroxylation sites is 2. The van der Waals surface area contributed by atoms with Crippen LogP contribution in [0.4, 0.5) is 63.1 Å². The van der Waals surface area contributed by atoms with Crippen LogP contribution < -0.4 is 57.3 Å². The Morgan fingerprint density at radius 1 is 0.560 bits per heavy atom. The lowest BCUT2D eigenvalue weighted by Gasteiger charge is -2.19. The molecule has 12 heterocycles. The van der Waals surface area contributed by atoms with Crippen LogP contribution in [0.3, 0.4) is 0 Å². The number of hydrogen-bond donors (Lipinski definition) is 6. The lowest BCUT2D eigenvalue weighted by atomic mass is 10.1. The van der Waals surface area contributed by atoms with E-state index < -0.39 is 0 Å². The van der Waals surface area contributed by atoms with E-state index in [1.165, 1.54) is 13.5 Å². The molecule has 4 fully saturated rings. The molecule has 4 saturated heterocycles. The molecule has 14 rings (SSSR count). The minimum absolute atomic E-state index is 0. The number of nitrogens with two attached hydrogens (primary N) is 3. The fourth-order valence-corrected chi connectivity index (χ4v) is 13.6. The van der Waals surface area contributed by atoms with Gasteiger partial charge in [-0.15, -0.1) is 17.4 Å². The molecular formula is C75H84BrCl4N21O8. The van der Waals surface area contributed by atoms with Crippen molar-refractivity contribution in [1.29, 1.82) is 15.8 Å². The number of rotatable bonds is 15. The summed E-state index contributed by atoms with van der Waals surface area (Å²) in [4.78, 5) is 63.9. The van der Waals surface area contributed by atoms with Gasteiger partial charge in [-0.25, -0.2) is 19.9 Å². The number of carbonyl (C=O) groups excluding carboxylic acids is 2. The second-order valence-corrected chi connectivity index (χ2v) is 27.2. The van der Waals surface area contributed by atoms with Crippen molar-refractivity contribution in [3.63, 3.8) is 0 Å². The number of amides is 2. The Balaban J connectivity index is 0.000000178. The lowest BCUT2D eigenvalue weighted by molar-refractivity contribution is 0.0809. The Labute approximate surface area is 662 Å². The summed E-state index contributed by atoms with van der Waals surface area (Å²) in [5.74, 6) is 2.28. The van der Waals surface area contributed by atoms with Crippen molar-refractivity contribution in [3.8, 4) is 29.7 Å². The lowest BCUT2D eigenvalue weighted by Crippen LogP contribution is -2.23. The van der Waals surface area contributed by atoms with Crippen LogP contribution in [0.15, 0.2) is 102 Å². The molecule has 8 aromatic rings. The van der Waals surface area contributed by atoms with E-state index in [4.69, 9.17) is 108 Å². The third-order valence-corrected chi connectivity index (χ3v) is 19.6. The highest BCUT2D eigenvalue weighted by atomic mass is 79.9. The first-order chi connectivity index (χ1) is 52.1. The molecule has 109 heavy (non-hydrogen) atoms. The summed E-state index contributed by atoms with van der Waals surface area (Å²) in [5, 5.41) is 37.4. The van der Waals surface area contributed by atoms with Gasteiger partial charge < -0.3 is 90.9 Å². The zero-order chi connectivity index (χ0) is 77.7. The van der Waals surface area contributed by atoms with Crippen LogP contribution in [0.2, 0.25) is 15.2 Å². The van der Waals surface area contributed by atoms with Crippen molar-refractivity contribution in [2.75, 3.05) is 152 Å². The molecule has 572 valence electrons. The second-order valence-electron chi connectivity index (χ2n) is 25.2. The number of ether oxygens (including phenoxy) is 6. The van der Waals surface area contributed by atoms with Gasteiger partial charge in [0.15, 0.2) is 28.6 Å². The third kappa shape index (κ3) is 21.6. The second kappa shape index (κ2) is 40.2. The molecule has 0 spiro atoms. The van der Waals surface area contributed by atoms with Crippen LogP contribution in [-0.4, -0.2) is 185 Å². The molecule has 29 nitrogen and oxygen atoms in total. The molecule has 34 heteroatoms. The SMILES string of the molecule is CO[C@H]1CCN(c2ccc(N)nc2C#N)C1.CO[C@H]1CCN(c2ccc(N)nc2C#N)C1.CO[C@H]1CCNC1.COc1c(Cl)cccc1Nc1cc(Cl)nc2c1C(=O)N(C)C2.Cl.N#Cc1nc(N)ccc1Br.[C-]#[N+]c1nc(Cc2cc(Nc3cccc(Cl)c3OC)c3c(n2)CN(C)C3=O)ccc1N1CC[C@H](OC)C1. The summed E-state index contributed by atoms with van der Waals surface area (Å²) in [7, 11) is 13.5. The van der Waals surface area contributed by atoms with E-state index in [1.807, 2.05) is 54.6 Å². The van der Waals surface area contributed by atoms with Gasteiger partial charge in [0.05, 0.1) is 141 Å². The summed E-state index contributed by atoms with van der Waals surface area (Å²) in [6, 6.07) is 34.6. The minimum atomic E-state index is -0.102. The maximum atomic E-state index is 12.9. The number of nitrogens with one attached hydrogen (secondary N) is 3. The number of fused-ring (bicyclic) bond motifs is 2. The Bertz CT molecular complexity index is 4630.